The second kappa shape index (κ2) is 6.72. The molecular formula is C12H20N2O3S. The molecule has 1 atom stereocenters. The van der Waals surface area contributed by atoms with Gasteiger partial charge in [0.05, 0.1) is 5.75 Å². The summed E-state index contributed by atoms with van der Waals surface area (Å²) in [5, 5.41) is 8.74. The maximum absolute atomic E-state index is 11.8. The smallest absolute Gasteiger partial charge is 0.215 e. The van der Waals surface area contributed by atoms with Crippen molar-refractivity contribution < 1.29 is 13.5 Å². The zero-order valence-electron chi connectivity index (χ0n) is 10.5. The predicted octanol–water partition coefficient (Wildman–Crippen LogP) is 0.707. The number of aliphatic hydroxyl groups excluding tert-OH is 1. The zero-order chi connectivity index (χ0) is 13.6. The van der Waals surface area contributed by atoms with Crippen LogP contribution in [0.25, 0.3) is 0 Å². The molecule has 0 aliphatic carbocycles. The fourth-order valence-corrected chi connectivity index (χ4v) is 2.80. The molecule has 0 aliphatic heterocycles. The van der Waals surface area contributed by atoms with Gasteiger partial charge in [0.15, 0.2) is 0 Å². The van der Waals surface area contributed by atoms with Crippen LogP contribution in [0.5, 0.6) is 0 Å². The van der Waals surface area contributed by atoms with Gasteiger partial charge in [-0.25, -0.2) is 13.1 Å². The molecule has 0 aromatic heterocycles. The number of hydrogen-bond acceptors (Lipinski definition) is 4. The van der Waals surface area contributed by atoms with Crippen LogP contribution in [0.2, 0.25) is 0 Å². The Labute approximate surface area is 108 Å². The molecule has 0 bridgehead atoms. The van der Waals surface area contributed by atoms with Crippen LogP contribution in [-0.4, -0.2) is 26.7 Å². The van der Waals surface area contributed by atoms with E-state index >= 15 is 0 Å². The van der Waals surface area contributed by atoms with Gasteiger partial charge in [-0.3, -0.25) is 0 Å². The maximum Gasteiger partial charge on any atom is 0.215 e. The first kappa shape index (κ1) is 14.9. The van der Waals surface area contributed by atoms with Crippen LogP contribution < -0.4 is 10.5 Å². The molecule has 1 aromatic carbocycles. The van der Waals surface area contributed by atoms with Crippen molar-refractivity contribution in [3.8, 4) is 0 Å². The van der Waals surface area contributed by atoms with E-state index in [-0.39, 0.29) is 18.3 Å². The van der Waals surface area contributed by atoms with Crippen LogP contribution in [0.1, 0.15) is 18.9 Å². The summed E-state index contributed by atoms with van der Waals surface area (Å²) in [6.07, 6.45) is 0.584. The molecule has 0 radical (unpaired) electrons. The Balaban J connectivity index is 2.54. The highest BCUT2D eigenvalue weighted by Gasteiger charge is 2.13. The summed E-state index contributed by atoms with van der Waals surface area (Å²) >= 11 is 0. The van der Waals surface area contributed by atoms with Crippen molar-refractivity contribution in [3.63, 3.8) is 0 Å². The highest BCUT2D eigenvalue weighted by atomic mass is 32.2. The Kier molecular flexibility index (Phi) is 5.58. The standard InChI is InChI=1S/C12H20N2O3S/c1-10(5-6-15)8-14-18(16,17)9-11-3-2-4-12(13)7-11/h2-4,7,10,14-15H,5-6,8-9,13H2,1H3. The van der Waals surface area contributed by atoms with Gasteiger partial charge in [-0.2, -0.15) is 0 Å². The molecule has 102 valence electrons. The van der Waals surface area contributed by atoms with Crippen molar-refractivity contribution in [3.05, 3.63) is 29.8 Å². The van der Waals surface area contributed by atoms with Crippen LogP contribution in [0, 0.1) is 5.92 Å². The van der Waals surface area contributed by atoms with E-state index in [0.29, 0.717) is 24.2 Å². The van der Waals surface area contributed by atoms with E-state index in [1.54, 1.807) is 24.3 Å². The Hall–Kier alpha value is -1.11. The van der Waals surface area contributed by atoms with Gasteiger partial charge in [-0.15, -0.1) is 0 Å². The van der Waals surface area contributed by atoms with Crippen molar-refractivity contribution in [1.29, 1.82) is 0 Å². The predicted molar refractivity (Wildman–Crippen MR) is 72.3 cm³/mol. The monoisotopic (exact) mass is 272 g/mol. The van der Waals surface area contributed by atoms with E-state index in [9.17, 15) is 8.42 Å². The lowest BCUT2D eigenvalue weighted by Crippen LogP contribution is -2.29. The molecule has 0 saturated heterocycles. The van der Waals surface area contributed by atoms with Gasteiger partial charge in [0.2, 0.25) is 10.0 Å². The van der Waals surface area contributed by atoms with E-state index in [1.165, 1.54) is 0 Å². The summed E-state index contributed by atoms with van der Waals surface area (Å²) in [6, 6.07) is 6.82. The first-order valence-corrected chi connectivity index (χ1v) is 7.51. The first-order valence-electron chi connectivity index (χ1n) is 5.85. The summed E-state index contributed by atoms with van der Waals surface area (Å²) in [6.45, 7) is 2.29. The summed E-state index contributed by atoms with van der Waals surface area (Å²) in [5.41, 5.74) is 6.81. The lowest BCUT2D eigenvalue weighted by atomic mass is 10.1. The number of aliphatic hydroxyl groups is 1. The van der Waals surface area contributed by atoms with E-state index in [0.717, 1.165) is 0 Å². The third kappa shape index (κ3) is 5.48. The summed E-state index contributed by atoms with van der Waals surface area (Å²) < 4.78 is 26.1. The van der Waals surface area contributed by atoms with Crippen molar-refractivity contribution in [2.45, 2.75) is 19.1 Å². The normalized spacial score (nSPS) is 13.4. The minimum Gasteiger partial charge on any atom is -0.399 e. The highest BCUT2D eigenvalue weighted by molar-refractivity contribution is 7.88. The molecular weight excluding hydrogens is 252 g/mol. The number of benzene rings is 1. The number of sulfonamides is 1. The molecule has 1 unspecified atom stereocenters. The molecule has 5 nitrogen and oxygen atoms in total. The quantitative estimate of drug-likeness (QED) is 0.637. The number of anilines is 1. The van der Waals surface area contributed by atoms with Gasteiger partial charge in [0.25, 0.3) is 0 Å². The average molecular weight is 272 g/mol. The average Bonchev–Trinajstić information content (AvgIpc) is 2.26. The minimum absolute atomic E-state index is 0.0676. The van der Waals surface area contributed by atoms with Gasteiger partial charge >= 0.3 is 0 Å². The second-order valence-electron chi connectivity index (χ2n) is 4.47. The minimum atomic E-state index is -3.35. The molecule has 6 heteroatoms. The number of nitrogens with two attached hydrogens (primary N) is 1. The lowest BCUT2D eigenvalue weighted by molar-refractivity contribution is 0.263. The number of hydrogen-bond donors (Lipinski definition) is 3. The van der Waals surface area contributed by atoms with Crippen molar-refractivity contribution in [1.82, 2.24) is 4.72 Å². The molecule has 18 heavy (non-hydrogen) atoms. The summed E-state index contributed by atoms with van der Waals surface area (Å²) in [5.74, 6) is 0.0368. The van der Waals surface area contributed by atoms with Crippen LogP contribution >= 0.6 is 0 Å². The van der Waals surface area contributed by atoms with Crippen molar-refractivity contribution in [2.75, 3.05) is 18.9 Å². The number of nitrogen functional groups attached to an aromatic ring is 1. The van der Waals surface area contributed by atoms with Gasteiger partial charge in [0.1, 0.15) is 0 Å². The Morgan fingerprint density at radius 1 is 1.44 bits per heavy atom. The summed E-state index contributed by atoms with van der Waals surface area (Å²) in [4.78, 5) is 0. The third-order valence-corrected chi connectivity index (χ3v) is 3.90. The van der Waals surface area contributed by atoms with Crippen LogP contribution in [0.4, 0.5) is 5.69 Å². The SMILES string of the molecule is CC(CCO)CNS(=O)(=O)Cc1cccc(N)c1. The molecule has 1 rings (SSSR count). The van der Waals surface area contributed by atoms with E-state index in [1.807, 2.05) is 6.92 Å². The molecule has 0 aliphatic rings. The molecule has 1 aromatic rings. The number of rotatable bonds is 7. The van der Waals surface area contributed by atoms with Crippen LogP contribution in [0.15, 0.2) is 24.3 Å². The van der Waals surface area contributed by atoms with E-state index in [2.05, 4.69) is 4.72 Å². The molecule has 0 heterocycles. The maximum atomic E-state index is 11.8. The van der Waals surface area contributed by atoms with Crippen molar-refractivity contribution >= 4 is 15.7 Å². The Morgan fingerprint density at radius 3 is 2.78 bits per heavy atom. The molecule has 4 N–H and O–H groups in total. The Bertz CT molecular complexity index is 474. The van der Waals surface area contributed by atoms with Gasteiger partial charge in [-0.1, -0.05) is 19.1 Å². The largest absolute Gasteiger partial charge is 0.399 e. The third-order valence-electron chi connectivity index (χ3n) is 2.58. The molecule has 0 fully saturated rings. The van der Waals surface area contributed by atoms with Gasteiger partial charge in [0, 0.05) is 18.8 Å². The number of nitrogens with one attached hydrogen (secondary N) is 1. The molecule has 0 amide bonds. The lowest BCUT2D eigenvalue weighted by Gasteiger charge is -2.11. The highest BCUT2D eigenvalue weighted by Crippen LogP contribution is 2.10. The zero-order valence-corrected chi connectivity index (χ0v) is 11.3. The van der Waals surface area contributed by atoms with Crippen LogP contribution in [-0.2, 0) is 15.8 Å². The van der Waals surface area contributed by atoms with E-state index in [4.69, 9.17) is 10.8 Å². The fraction of sp³-hybridized carbons (Fsp3) is 0.500. The van der Waals surface area contributed by atoms with Crippen LogP contribution in [0.3, 0.4) is 0 Å². The Morgan fingerprint density at radius 2 is 2.17 bits per heavy atom. The van der Waals surface area contributed by atoms with Crippen molar-refractivity contribution in [2.24, 2.45) is 5.92 Å². The van der Waals surface area contributed by atoms with Gasteiger partial charge < -0.3 is 10.8 Å². The second-order valence-corrected chi connectivity index (χ2v) is 6.28. The summed E-state index contributed by atoms with van der Waals surface area (Å²) in [7, 11) is -3.35. The van der Waals surface area contributed by atoms with E-state index < -0.39 is 10.0 Å². The van der Waals surface area contributed by atoms with Gasteiger partial charge in [-0.05, 0) is 30.0 Å². The first-order chi connectivity index (χ1) is 8.43. The topological polar surface area (TPSA) is 92.4 Å². The molecule has 0 spiro atoms. The fourth-order valence-electron chi connectivity index (χ4n) is 1.55. The molecule has 0 saturated carbocycles.